The van der Waals surface area contributed by atoms with Crippen LogP contribution in [0.5, 0.6) is 0 Å². The monoisotopic (exact) mass is 203 g/mol. The number of hydrogen-bond acceptors (Lipinski definition) is 2. The second kappa shape index (κ2) is 5.29. The molecule has 2 nitrogen and oxygen atoms in total. The third-order valence-corrected chi connectivity index (χ3v) is 2.94. The van der Waals surface area contributed by atoms with Crippen molar-refractivity contribution in [3.63, 3.8) is 0 Å². The van der Waals surface area contributed by atoms with Gasteiger partial charge in [-0.2, -0.15) is 0 Å². The highest BCUT2D eigenvalue weighted by atomic mass is 15.2. The lowest BCUT2D eigenvalue weighted by Crippen LogP contribution is -2.45. The molecule has 0 unspecified atom stereocenters. The molecule has 81 valence electrons. The summed E-state index contributed by atoms with van der Waals surface area (Å²) in [5.41, 5.74) is 1.38. The van der Waals surface area contributed by atoms with Crippen LogP contribution in [0.2, 0.25) is 0 Å². The lowest BCUT2D eigenvalue weighted by Gasteiger charge is -2.33. The molecule has 1 aromatic carbocycles. The van der Waals surface area contributed by atoms with Crippen LogP contribution in [-0.4, -0.2) is 31.1 Å². The minimum atomic E-state index is 1.11. The van der Waals surface area contributed by atoms with E-state index in [1.54, 1.807) is 0 Å². The summed E-state index contributed by atoms with van der Waals surface area (Å²) < 4.78 is 0. The van der Waals surface area contributed by atoms with Crippen molar-refractivity contribution in [1.82, 2.24) is 10.2 Å². The fraction of sp³-hybridized carbons (Fsp3) is 0.462. The number of rotatable bonds is 3. The maximum Gasteiger partial charge on any atom is 0.0686 e. The maximum absolute atomic E-state index is 3.39. The quantitative estimate of drug-likeness (QED) is 0.807. The Bertz CT molecular complexity index is 278. The molecule has 0 aromatic heterocycles. The molecule has 1 aromatic rings. The van der Waals surface area contributed by atoms with Crippen LogP contribution in [0.1, 0.15) is 18.9 Å². The first kappa shape index (κ1) is 10.7. The topological polar surface area (TPSA) is 15.3 Å². The Labute approximate surface area is 92.3 Å². The molecule has 1 heterocycles. The van der Waals surface area contributed by atoms with Crippen molar-refractivity contribution in [2.75, 3.05) is 26.2 Å². The van der Waals surface area contributed by atoms with Crippen LogP contribution >= 0.6 is 0 Å². The molecule has 0 saturated carbocycles. The molecule has 1 radical (unpaired) electrons. The highest BCUT2D eigenvalue weighted by molar-refractivity contribution is 5.29. The first-order valence-corrected chi connectivity index (χ1v) is 5.78. The molecule has 0 bridgehead atoms. The van der Waals surface area contributed by atoms with Gasteiger partial charge >= 0.3 is 0 Å². The third kappa shape index (κ3) is 2.58. The van der Waals surface area contributed by atoms with Gasteiger partial charge in [0.2, 0.25) is 0 Å². The Morgan fingerprint density at radius 3 is 2.47 bits per heavy atom. The number of nitrogens with one attached hydrogen (secondary N) is 1. The minimum Gasteiger partial charge on any atom is -0.314 e. The molecule has 0 spiro atoms. The summed E-state index contributed by atoms with van der Waals surface area (Å²) in [7, 11) is 0. The van der Waals surface area contributed by atoms with E-state index in [1.807, 2.05) is 0 Å². The Balaban J connectivity index is 2.09. The van der Waals surface area contributed by atoms with Crippen LogP contribution in [0.3, 0.4) is 0 Å². The van der Waals surface area contributed by atoms with Crippen molar-refractivity contribution < 1.29 is 0 Å². The third-order valence-electron chi connectivity index (χ3n) is 2.94. The van der Waals surface area contributed by atoms with E-state index in [9.17, 15) is 0 Å². The van der Waals surface area contributed by atoms with E-state index in [0.29, 0.717) is 0 Å². The van der Waals surface area contributed by atoms with Crippen LogP contribution in [0, 0.1) is 6.04 Å². The van der Waals surface area contributed by atoms with E-state index >= 15 is 0 Å². The zero-order valence-corrected chi connectivity index (χ0v) is 9.37. The fourth-order valence-corrected chi connectivity index (χ4v) is 2.18. The molecule has 2 rings (SSSR count). The Morgan fingerprint density at radius 2 is 1.87 bits per heavy atom. The predicted molar refractivity (Wildman–Crippen MR) is 63.5 cm³/mol. The van der Waals surface area contributed by atoms with Crippen molar-refractivity contribution in [1.29, 1.82) is 0 Å². The summed E-state index contributed by atoms with van der Waals surface area (Å²) in [6, 6.07) is 12.2. The summed E-state index contributed by atoms with van der Waals surface area (Å²) in [4.78, 5) is 2.51. The predicted octanol–water partition coefficient (Wildman–Crippen LogP) is 1.88. The van der Waals surface area contributed by atoms with E-state index < -0.39 is 0 Å². The molecule has 2 heteroatoms. The first-order valence-electron chi connectivity index (χ1n) is 5.78. The van der Waals surface area contributed by atoms with Gasteiger partial charge in [-0.05, 0) is 12.0 Å². The van der Waals surface area contributed by atoms with Crippen molar-refractivity contribution in [3.05, 3.63) is 41.9 Å². The van der Waals surface area contributed by atoms with Crippen molar-refractivity contribution in [3.8, 4) is 0 Å². The normalized spacial score (nSPS) is 18.3. The van der Waals surface area contributed by atoms with Crippen LogP contribution in [0.15, 0.2) is 30.3 Å². The van der Waals surface area contributed by atoms with Crippen LogP contribution in [-0.2, 0) is 0 Å². The lowest BCUT2D eigenvalue weighted by atomic mass is 10.0. The first-order chi connectivity index (χ1) is 7.42. The van der Waals surface area contributed by atoms with Crippen LogP contribution < -0.4 is 5.32 Å². The van der Waals surface area contributed by atoms with E-state index in [4.69, 9.17) is 0 Å². The summed E-state index contributed by atoms with van der Waals surface area (Å²) >= 11 is 0. The summed E-state index contributed by atoms with van der Waals surface area (Å²) in [5, 5.41) is 3.39. The van der Waals surface area contributed by atoms with Gasteiger partial charge in [-0.3, -0.25) is 4.90 Å². The van der Waals surface area contributed by atoms with Gasteiger partial charge in [-0.15, -0.1) is 0 Å². The van der Waals surface area contributed by atoms with Gasteiger partial charge in [-0.25, -0.2) is 0 Å². The fourth-order valence-electron chi connectivity index (χ4n) is 2.18. The molecule has 1 N–H and O–H groups in total. The van der Waals surface area contributed by atoms with E-state index in [2.05, 4.69) is 47.5 Å². The molecular weight excluding hydrogens is 184 g/mol. The molecule has 0 aliphatic carbocycles. The van der Waals surface area contributed by atoms with E-state index in [0.717, 1.165) is 32.6 Å². The number of hydrogen-bond donors (Lipinski definition) is 1. The Kier molecular flexibility index (Phi) is 3.75. The number of benzene rings is 1. The van der Waals surface area contributed by atoms with Gasteiger partial charge in [0.1, 0.15) is 0 Å². The zero-order valence-electron chi connectivity index (χ0n) is 9.37. The van der Waals surface area contributed by atoms with Gasteiger partial charge in [0.25, 0.3) is 0 Å². The molecule has 0 atom stereocenters. The SMILES string of the molecule is CC[C](c1ccccc1)N1CCNCC1. The lowest BCUT2D eigenvalue weighted by molar-refractivity contribution is 0.255. The highest BCUT2D eigenvalue weighted by Crippen LogP contribution is 2.22. The molecule has 1 aliphatic heterocycles. The minimum absolute atomic E-state index is 1.11. The molecule has 0 amide bonds. The van der Waals surface area contributed by atoms with Gasteiger partial charge < -0.3 is 5.32 Å². The van der Waals surface area contributed by atoms with Crippen LogP contribution in [0.4, 0.5) is 0 Å². The average Bonchev–Trinajstić information content (AvgIpc) is 2.33. The molecule has 1 aliphatic rings. The molecule has 1 fully saturated rings. The standard InChI is InChI=1S/C13H19N2/c1-2-13(12-6-4-3-5-7-12)15-10-8-14-9-11-15/h3-7,14H,2,8-11H2,1H3. The van der Waals surface area contributed by atoms with Gasteiger partial charge in [0.05, 0.1) is 6.04 Å². The number of piperazine rings is 1. The Hall–Kier alpha value is -0.860. The summed E-state index contributed by atoms with van der Waals surface area (Å²) in [6.07, 6.45) is 1.12. The molecule has 15 heavy (non-hydrogen) atoms. The highest BCUT2D eigenvalue weighted by Gasteiger charge is 2.20. The zero-order chi connectivity index (χ0) is 10.5. The van der Waals surface area contributed by atoms with Gasteiger partial charge in [0, 0.05) is 26.2 Å². The summed E-state index contributed by atoms with van der Waals surface area (Å²) in [5.74, 6) is 0. The second-order valence-electron chi connectivity index (χ2n) is 3.90. The average molecular weight is 203 g/mol. The Morgan fingerprint density at radius 1 is 1.20 bits per heavy atom. The summed E-state index contributed by atoms with van der Waals surface area (Å²) in [6.45, 7) is 6.73. The molecular formula is C13H19N2. The van der Waals surface area contributed by atoms with Crippen LogP contribution in [0.25, 0.3) is 0 Å². The van der Waals surface area contributed by atoms with Crippen molar-refractivity contribution in [2.45, 2.75) is 13.3 Å². The van der Waals surface area contributed by atoms with Crippen molar-refractivity contribution >= 4 is 0 Å². The smallest absolute Gasteiger partial charge is 0.0686 e. The second-order valence-corrected chi connectivity index (χ2v) is 3.90. The van der Waals surface area contributed by atoms with Crippen molar-refractivity contribution in [2.24, 2.45) is 0 Å². The van der Waals surface area contributed by atoms with Gasteiger partial charge in [0.15, 0.2) is 0 Å². The van der Waals surface area contributed by atoms with E-state index in [-0.39, 0.29) is 0 Å². The molecule has 1 saturated heterocycles. The van der Waals surface area contributed by atoms with E-state index in [1.165, 1.54) is 11.6 Å². The largest absolute Gasteiger partial charge is 0.314 e. The van der Waals surface area contributed by atoms with Gasteiger partial charge in [-0.1, -0.05) is 37.3 Å². The number of nitrogens with zero attached hydrogens (tertiary/aromatic N) is 1. The maximum atomic E-state index is 3.39.